The second-order valence-corrected chi connectivity index (χ2v) is 8.39. The highest BCUT2D eigenvalue weighted by Gasteiger charge is 2.53. The van der Waals surface area contributed by atoms with Crippen molar-refractivity contribution in [2.75, 3.05) is 5.32 Å². The first-order valence-electron chi connectivity index (χ1n) is 9.27. The highest BCUT2D eigenvalue weighted by molar-refractivity contribution is 7.08. The van der Waals surface area contributed by atoms with E-state index in [9.17, 15) is 4.79 Å². The van der Waals surface area contributed by atoms with E-state index in [2.05, 4.69) is 20.6 Å². The van der Waals surface area contributed by atoms with Crippen molar-refractivity contribution >= 4 is 22.9 Å². The van der Waals surface area contributed by atoms with Gasteiger partial charge in [-0.1, -0.05) is 5.16 Å². The van der Waals surface area contributed by atoms with Crippen LogP contribution in [0.5, 0.6) is 0 Å². The zero-order valence-corrected chi connectivity index (χ0v) is 16.1. The molecule has 1 amide bonds. The number of nitrogens with one attached hydrogen (secondary N) is 1. The first-order chi connectivity index (χ1) is 13.1. The Balaban J connectivity index is 1.43. The molecule has 0 aliphatic heterocycles. The third-order valence-corrected chi connectivity index (χ3v) is 6.90. The second kappa shape index (κ2) is 6.30. The van der Waals surface area contributed by atoms with Crippen LogP contribution in [0, 0.1) is 24.7 Å². The van der Waals surface area contributed by atoms with Gasteiger partial charge in [0, 0.05) is 18.0 Å². The first-order valence-corrected chi connectivity index (χ1v) is 10.2. The second-order valence-electron chi connectivity index (χ2n) is 7.61. The lowest BCUT2D eigenvalue weighted by Gasteiger charge is -2.27. The minimum absolute atomic E-state index is 0.000568. The lowest BCUT2D eigenvalue weighted by Crippen LogP contribution is -2.33. The maximum Gasteiger partial charge on any atom is 0.231 e. The smallest absolute Gasteiger partial charge is 0.231 e. The fourth-order valence-electron chi connectivity index (χ4n) is 4.74. The number of hydrogen-bond donors (Lipinski definition) is 1. The van der Waals surface area contributed by atoms with E-state index < -0.39 is 0 Å². The molecule has 2 aliphatic rings. The highest BCUT2D eigenvalue weighted by Crippen LogP contribution is 2.56. The van der Waals surface area contributed by atoms with Crippen molar-refractivity contribution in [2.24, 2.45) is 24.8 Å². The number of thiophene rings is 1. The number of nitrogens with zero attached hydrogens (tertiary/aromatic N) is 4. The summed E-state index contributed by atoms with van der Waals surface area (Å²) in [5, 5.41) is 15.5. The summed E-state index contributed by atoms with van der Waals surface area (Å²) in [5.74, 6) is 1.95. The van der Waals surface area contributed by atoms with Gasteiger partial charge in [0.1, 0.15) is 0 Å². The average molecular weight is 383 g/mol. The molecule has 3 aromatic heterocycles. The first kappa shape index (κ1) is 16.7. The van der Waals surface area contributed by atoms with E-state index in [1.54, 1.807) is 22.2 Å². The molecule has 0 aromatic carbocycles. The van der Waals surface area contributed by atoms with Crippen LogP contribution >= 0.6 is 11.3 Å². The summed E-state index contributed by atoms with van der Waals surface area (Å²) in [5.41, 5.74) is 2.68. The van der Waals surface area contributed by atoms with Gasteiger partial charge in [0.05, 0.1) is 29.4 Å². The molecule has 8 heteroatoms. The predicted octanol–water partition coefficient (Wildman–Crippen LogP) is 3.61. The molecule has 0 saturated heterocycles. The van der Waals surface area contributed by atoms with Crippen LogP contribution in [0.4, 0.5) is 5.69 Å². The Kier molecular flexibility index (Phi) is 3.89. The SMILES string of the molecule is Cc1c(NC(=O)[C@H]2[C@H]3CC[C@H](C3)[C@@H]2c2nc(-c3ccsc3)no2)cnn1C. The number of hydrogen-bond acceptors (Lipinski definition) is 6. The van der Waals surface area contributed by atoms with Crippen molar-refractivity contribution in [3.8, 4) is 11.4 Å². The van der Waals surface area contributed by atoms with Gasteiger partial charge in [-0.25, -0.2) is 0 Å². The Labute approximate surface area is 160 Å². The average Bonchev–Trinajstić information content (AvgIpc) is 3.46. The molecule has 2 aliphatic carbocycles. The van der Waals surface area contributed by atoms with E-state index >= 15 is 0 Å². The quantitative estimate of drug-likeness (QED) is 0.744. The van der Waals surface area contributed by atoms with Crippen LogP contribution in [-0.2, 0) is 11.8 Å². The monoisotopic (exact) mass is 383 g/mol. The Morgan fingerprint density at radius 3 is 2.96 bits per heavy atom. The number of anilines is 1. The minimum Gasteiger partial charge on any atom is -0.339 e. The normalized spacial score (nSPS) is 26.6. The molecule has 0 spiro atoms. The molecule has 5 rings (SSSR count). The predicted molar refractivity (Wildman–Crippen MR) is 101 cm³/mol. The van der Waals surface area contributed by atoms with Crippen LogP contribution in [-0.4, -0.2) is 25.8 Å². The topological polar surface area (TPSA) is 85.8 Å². The Morgan fingerprint density at radius 2 is 2.22 bits per heavy atom. The summed E-state index contributed by atoms with van der Waals surface area (Å²) in [6.45, 7) is 1.95. The number of aromatic nitrogens is 4. The highest BCUT2D eigenvalue weighted by atomic mass is 32.1. The fraction of sp³-hybridized carbons (Fsp3) is 0.474. The van der Waals surface area contributed by atoms with Gasteiger partial charge in [0.15, 0.2) is 0 Å². The standard InChI is InChI=1S/C19H21N5O2S/c1-10-14(8-20-24(10)2)21-18(25)15-11-3-4-12(7-11)16(15)19-22-17(23-26-19)13-5-6-27-9-13/h5-6,8-9,11-12,15-16H,3-4,7H2,1-2H3,(H,21,25)/t11-,12+,15-,16-/m0/s1. The molecular formula is C19H21N5O2S. The van der Waals surface area contributed by atoms with Gasteiger partial charge in [0.25, 0.3) is 0 Å². The fourth-order valence-corrected chi connectivity index (χ4v) is 5.38. The van der Waals surface area contributed by atoms with Crippen LogP contribution in [0.2, 0.25) is 0 Å². The number of carbonyl (C=O) groups excluding carboxylic acids is 1. The number of amides is 1. The molecule has 4 atom stereocenters. The molecule has 2 saturated carbocycles. The van der Waals surface area contributed by atoms with E-state index in [-0.39, 0.29) is 17.7 Å². The van der Waals surface area contributed by atoms with Crippen LogP contribution in [0.3, 0.4) is 0 Å². The van der Waals surface area contributed by atoms with Crippen LogP contribution in [0.25, 0.3) is 11.4 Å². The molecule has 27 heavy (non-hydrogen) atoms. The van der Waals surface area contributed by atoms with Crippen molar-refractivity contribution in [3.05, 3.63) is 34.6 Å². The van der Waals surface area contributed by atoms with Crippen molar-refractivity contribution in [3.63, 3.8) is 0 Å². The van der Waals surface area contributed by atoms with Crippen molar-refractivity contribution in [1.29, 1.82) is 0 Å². The summed E-state index contributed by atoms with van der Waals surface area (Å²) in [4.78, 5) is 17.8. The van der Waals surface area contributed by atoms with E-state index in [1.807, 2.05) is 30.8 Å². The lowest BCUT2D eigenvalue weighted by atomic mass is 9.78. The largest absolute Gasteiger partial charge is 0.339 e. The van der Waals surface area contributed by atoms with Gasteiger partial charge in [0.2, 0.25) is 17.6 Å². The number of aryl methyl sites for hydroxylation is 1. The summed E-state index contributed by atoms with van der Waals surface area (Å²) >= 11 is 1.60. The van der Waals surface area contributed by atoms with E-state index in [1.165, 1.54) is 0 Å². The zero-order valence-electron chi connectivity index (χ0n) is 15.3. The molecule has 2 fully saturated rings. The summed E-state index contributed by atoms with van der Waals surface area (Å²) in [7, 11) is 1.87. The van der Waals surface area contributed by atoms with Gasteiger partial charge in [-0.05, 0) is 49.5 Å². The maximum atomic E-state index is 13.1. The third kappa shape index (κ3) is 2.70. The van der Waals surface area contributed by atoms with Crippen molar-refractivity contribution in [2.45, 2.75) is 32.1 Å². The van der Waals surface area contributed by atoms with E-state index in [4.69, 9.17) is 4.52 Å². The Hall–Kier alpha value is -2.48. The summed E-state index contributed by atoms with van der Waals surface area (Å²) in [6.07, 6.45) is 4.99. The zero-order chi connectivity index (χ0) is 18.5. The number of rotatable bonds is 4. The van der Waals surface area contributed by atoms with Crippen LogP contribution in [0.1, 0.15) is 36.8 Å². The summed E-state index contributed by atoms with van der Waals surface area (Å²) in [6, 6.07) is 1.98. The molecular weight excluding hydrogens is 362 g/mol. The summed E-state index contributed by atoms with van der Waals surface area (Å²) < 4.78 is 7.39. The van der Waals surface area contributed by atoms with Crippen LogP contribution < -0.4 is 5.32 Å². The Morgan fingerprint density at radius 1 is 1.37 bits per heavy atom. The van der Waals surface area contributed by atoms with Crippen molar-refractivity contribution in [1.82, 2.24) is 19.9 Å². The molecule has 3 aromatic rings. The van der Waals surface area contributed by atoms with Gasteiger partial charge in [-0.3, -0.25) is 9.48 Å². The van der Waals surface area contributed by atoms with Gasteiger partial charge in [-0.15, -0.1) is 0 Å². The van der Waals surface area contributed by atoms with Gasteiger partial charge >= 0.3 is 0 Å². The Bertz CT molecular complexity index is 976. The molecule has 0 radical (unpaired) electrons. The van der Waals surface area contributed by atoms with Crippen molar-refractivity contribution < 1.29 is 9.32 Å². The van der Waals surface area contributed by atoms with Gasteiger partial charge in [-0.2, -0.15) is 21.4 Å². The minimum atomic E-state index is -0.126. The lowest BCUT2D eigenvalue weighted by molar-refractivity contribution is -0.122. The van der Waals surface area contributed by atoms with E-state index in [0.29, 0.717) is 23.6 Å². The third-order valence-electron chi connectivity index (χ3n) is 6.22. The maximum absolute atomic E-state index is 13.1. The molecule has 2 bridgehead atoms. The van der Waals surface area contributed by atoms with Crippen LogP contribution in [0.15, 0.2) is 27.5 Å². The van der Waals surface area contributed by atoms with E-state index in [0.717, 1.165) is 36.2 Å². The molecule has 140 valence electrons. The number of carbonyl (C=O) groups is 1. The molecule has 1 N–H and O–H groups in total. The number of fused-ring (bicyclic) bond motifs is 2. The molecule has 7 nitrogen and oxygen atoms in total. The molecule has 0 unspecified atom stereocenters. The van der Waals surface area contributed by atoms with Gasteiger partial charge < -0.3 is 9.84 Å². The molecule has 3 heterocycles.